The van der Waals surface area contributed by atoms with Crippen LogP contribution in [0.25, 0.3) is 6.08 Å². The zero-order valence-electron chi connectivity index (χ0n) is 17.5. The minimum atomic E-state index is -0.785. The smallest absolute Gasteiger partial charge is 0.335 e. The second-order valence-electron chi connectivity index (χ2n) is 6.88. The second kappa shape index (κ2) is 9.18. The number of imide groups is 2. The second-order valence-corrected chi connectivity index (χ2v) is 6.88. The molecule has 1 fully saturated rings. The maximum absolute atomic E-state index is 13.1. The van der Waals surface area contributed by atoms with Crippen LogP contribution < -0.4 is 19.7 Å². The van der Waals surface area contributed by atoms with Crippen molar-refractivity contribution in [3.8, 4) is 23.8 Å². The zero-order valence-corrected chi connectivity index (χ0v) is 17.5. The van der Waals surface area contributed by atoms with Gasteiger partial charge in [-0.3, -0.25) is 14.9 Å². The van der Waals surface area contributed by atoms with E-state index in [0.717, 1.165) is 16.0 Å². The molecule has 0 atom stereocenters. The average Bonchev–Trinajstić information content (AvgIpc) is 2.72. The molecule has 1 saturated heterocycles. The molecule has 1 aliphatic rings. The van der Waals surface area contributed by atoms with Crippen LogP contribution in [-0.2, 0) is 9.59 Å². The number of benzene rings is 2. The number of hydrogen-bond donors (Lipinski definition) is 1. The van der Waals surface area contributed by atoms with Crippen LogP contribution in [0.3, 0.4) is 0 Å². The SMILES string of the molecule is C#CCOc1ccc(/C=C2\C(=O)NC(=O)N(c3ccc(C)cc3C)C2=O)cc1OCC. The molecule has 0 unspecified atom stereocenters. The molecule has 1 aliphatic heterocycles. The molecule has 4 amide bonds. The van der Waals surface area contributed by atoms with E-state index in [4.69, 9.17) is 15.9 Å². The van der Waals surface area contributed by atoms with Crippen molar-refractivity contribution < 1.29 is 23.9 Å². The first-order chi connectivity index (χ1) is 14.8. The highest BCUT2D eigenvalue weighted by Crippen LogP contribution is 2.30. The molecule has 3 rings (SSSR count). The monoisotopic (exact) mass is 418 g/mol. The first-order valence-electron chi connectivity index (χ1n) is 9.67. The summed E-state index contributed by atoms with van der Waals surface area (Å²) in [6.45, 7) is 6.00. The van der Waals surface area contributed by atoms with E-state index in [0.29, 0.717) is 29.4 Å². The number of ether oxygens (including phenoxy) is 2. The van der Waals surface area contributed by atoms with Gasteiger partial charge in [0, 0.05) is 0 Å². The lowest BCUT2D eigenvalue weighted by atomic mass is 10.0. The van der Waals surface area contributed by atoms with Crippen LogP contribution in [0.15, 0.2) is 42.0 Å². The van der Waals surface area contributed by atoms with Crippen molar-refractivity contribution in [3.05, 3.63) is 58.7 Å². The summed E-state index contributed by atoms with van der Waals surface area (Å²) in [7, 11) is 0. The first kappa shape index (κ1) is 21.7. The molecule has 0 radical (unpaired) electrons. The third kappa shape index (κ3) is 4.59. The van der Waals surface area contributed by atoms with Crippen LogP contribution in [0.4, 0.5) is 10.5 Å². The molecule has 7 nitrogen and oxygen atoms in total. The molecule has 1 heterocycles. The van der Waals surface area contributed by atoms with Crippen LogP contribution >= 0.6 is 0 Å². The Bertz CT molecular complexity index is 1130. The minimum Gasteiger partial charge on any atom is -0.490 e. The number of carbonyl (C=O) groups is 3. The summed E-state index contributed by atoms with van der Waals surface area (Å²) in [5.41, 5.74) is 2.52. The van der Waals surface area contributed by atoms with Crippen molar-refractivity contribution >= 4 is 29.6 Å². The molecule has 31 heavy (non-hydrogen) atoms. The molecule has 2 aromatic rings. The number of hydrogen-bond acceptors (Lipinski definition) is 5. The number of urea groups is 1. The fraction of sp³-hybridized carbons (Fsp3) is 0.208. The van der Waals surface area contributed by atoms with Gasteiger partial charge < -0.3 is 9.47 Å². The Morgan fingerprint density at radius 3 is 2.52 bits per heavy atom. The molecule has 0 saturated carbocycles. The highest BCUT2D eigenvalue weighted by Gasteiger charge is 2.37. The third-order valence-corrected chi connectivity index (χ3v) is 4.58. The number of nitrogens with zero attached hydrogens (tertiary/aromatic N) is 1. The Balaban J connectivity index is 2.00. The quantitative estimate of drug-likeness (QED) is 0.442. The molecule has 7 heteroatoms. The molecule has 0 aliphatic carbocycles. The van der Waals surface area contributed by atoms with Crippen LogP contribution in [0.1, 0.15) is 23.6 Å². The van der Waals surface area contributed by atoms with Gasteiger partial charge in [-0.1, -0.05) is 29.7 Å². The molecule has 0 aromatic heterocycles. The topological polar surface area (TPSA) is 84.9 Å². The van der Waals surface area contributed by atoms with E-state index in [1.54, 1.807) is 37.3 Å². The van der Waals surface area contributed by atoms with E-state index in [9.17, 15) is 14.4 Å². The van der Waals surface area contributed by atoms with Crippen molar-refractivity contribution in [2.75, 3.05) is 18.1 Å². The Labute approximate surface area is 180 Å². The highest BCUT2D eigenvalue weighted by molar-refractivity contribution is 6.39. The lowest BCUT2D eigenvalue weighted by Gasteiger charge is -2.27. The van der Waals surface area contributed by atoms with Crippen LogP contribution in [-0.4, -0.2) is 31.1 Å². The van der Waals surface area contributed by atoms with Crippen molar-refractivity contribution in [2.24, 2.45) is 0 Å². The number of barbiturate groups is 1. The van der Waals surface area contributed by atoms with Crippen LogP contribution in [0.2, 0.25) is 0 Å². The molecular weight excluding hydrogens is 396 g/mol. The molecule has 158 valence electrons. The van der Waals surface area contributed by atoms with Crippen LogP contribution in [0.5, 0.6) is 11.5 Å². The van der Waals surface area contributed by atoms with Gasteiger partial charge in [0.15, 0.2) is 11.5 Å². The fourth-order valence-electron chi connectivity index (χ4n) is 3.22. The Morgan fingerprint density at radius 2 is 1.84 bits per heavy atom. The number of rotatable bonds is 6. The summed E-state index contributed by atoms with van der Waals surface area (Å²) in [4.78, 5) is 38.9. The minimum absolute atomic E-state index is 0.0778. The molecule has 1 N–H and O–H groups in total. The number of anilines is 1. The van der Waals surface area contributed by atoms with E-state index in [2.05, 4.69) is 11.2 Å². The maximum atomic E-state index is 13.1. The normalized spacial score (nSPS) is 15.0. The number of carbonyl (C=O) groups excluding carboxylic acids is 3. The van der Waals surface area contributed by atoms with Crippen molar-refractivity contribution in [1.29, 1.82) is 0 Å². The van der Waals surface area contributed by atoms with Gasteiger partial charge in [-0.25, -0.2) is 9.69 Å². The van der Waals surface area contributed by atoms with E-state index >= 15 is 0 Å². The summed E-state index contributed by atoms with van der Waals surface area (Å²) >= 11 is 0. The van der Waals surface area contributed by atoms with E-state index in [-0.39, 0.29) is 12.2 Å². The largest absolute Gasteiger partial charge is 0.490 e. The van der Waals surface area contributed by atoms with E-state index in [1.807, 2.05) is 19.9 Å². The molecule has 2 aromatic carbocycles. The first-order valence-corrected chi connectivity index (χ1v) is 9.67. The number of nitrogens with one attached hydrogen (secondary N) is 1. The van der Waals surface area contributed by atoms with E-state index in [1.165, 1.54) is 6.08 Å². The summed E-state index contributed by atoms with van der Waals surface area (Å²) in [5.74, 6) is 1.80. The van der Waals surface area contributed by atoms with Gasteiger partial charge in [0.25, 0.3) is 11.8 Å². The Morgan fingerprint density at radius 1 is 1.06 bits per heavy atom. The molecule has 0 bridgehead atoms. The summed E-state index contributed by atoms with van der Waals surface area (Å²) < 4.78 is 11.0. The molecular formula is C24H22N2O5. The lowest BCUT2D eigenvalue weighted by Crippen LogP contribution is -2.54. The van der Waals surface area contributed by atoms with Gasteiger partial charge in [-0.15, -0.1) is 6.42 Å². The van der Waals surface area contributed by atoms with Crippen molar-refractivity contribution in [2.45, 2.75) is 20.8 Å². The van der Waals surface area contributed by atoms with Gasteiger partial charge in [0.05, 0.1) is 12.3 Å². The lowest BCUT2D eigenvalue weighted by molar-refractivity contribution is -0.122. The standard InChI is InChI=1S/C24H22N2O5/c1-5-11-31-20-10-8-17(14-21(20)30-6-2)13-18-22(27)25-24(29)26(23(18)28)19-9-7-15(3)12-16(19)4/h1,7-10,12-14H,6,11H2,2-4H3,(H,25,27,29)/b18-13+. The third-order valence-electron chi connectivity index (χ3n) is 4.58. The summed E-state index contributed by atoms with van der Waals surface area (Å²) in [6.07, 6.45) is 6.65. The van der Waals surface area contributed by atoms with Gasteiger partial charge in [0.1, 0.15) is 12.2 Å². The predicted molar refractivity (Wildman–Crippen MR) is 117 cm³/mol. The van der Waals surface area contributed by atoms with Gasteiger partial charge in [0.2, 0.25) is 0 Å². The van der Waals surface area contributed by atoms with Crippen LogP contribution in [0, 0.1) is 26.2 Å². The number of terminal acetylenes is 1. The summed E-state index contributed by atoms with van der Waals surface area (Å²) in [6, 6.07) is 9.51. The Kier molecular flexibility index (Phi) is 6.41. The number of aryl methyl sites for hydroxylation is 2. The van der Waals surface area contributed by atoms with Gasteiger partial charge in [-0.2, -0.15) is 0 Å². The highest BCUT2D eigenvalue weighted by atomic mass is 16.5. The van der Waals surface area contributed by atoms with E-state index < -0.39 is 17.8 Å². The maximum Gasteiger partial charge on any atom is 0.335 e. The fourth-order valence-corrected chi connectivity index (χ4v) is 3.22. The van der Waals surface area contributed by atoms with Gasteiger partial charge >= 0.3 is 6.03 Å². The van der Waals surface area contributed by atoms with Crippen molar-refractivity contribution in [3.63, 3.8) is 0 Å². The average molecular weight is 418 g/mol. The summed E-state index contributed by atoms with van der Waals surface area (Å²) in [5, 5.41) is 2.23. The zero-order chi connectivity index (χ0) is 22.5. The predicted octanol–water partition coefficient (Wildman–Crippen LogP) is 3.38. The van der Waals surface area contributed by atoms with Crippen molar-refractivity contribution in [1.82, 2.24) is 5.32 Å². The number of amides is 4. The Hall–Kier alpha value is -4.05. The molecule has 0 spiro atoms. The van der Waals surface area contributed by atoms with Gasteiger partial charge in [-0.05, 0) is 56.2 Å².